The van der Waals surface area contributed by atoms with E-state index in [1.807, 2.05) is 30.3 Å². The number of halogens is 1. The molecule has 2 rings (SSSR count). The lowest BCUT2D eigenvalue weighted by atomic mass is 10.3. The van der Waals surface area contributed by atoms with E-state index in [1.54, 1.807) is 18.2 Å². The normalized spacial score (nSPS) is 12.1. The fourth-order valence-electron chi connectivity index (χ4n) is 1.57. The maximum atomic E-state index is 12.0. The van der Waals surface area contributed by atoms with Crippen molar-refractivity contribution < 1.29 is 8.95 Å². The molecule has 0 aliphatic rings. The molecule has 3 nitrogen and oxygen atoms in total. The van der Waals surface area contributed by atoms with Crippen LogP contribution in [0.5, 0.6) is 5.75 Å². The number of anilines is 1. The summed E-state index contributed by atoms with van der Waals surface area (Å²) in [6, 6.07) is 14.7. The van der Waals surface area contributed by atoms with Gasteiger partial charge in [0.2, 0.25) is 0 Å². The Balaban J connectivity index is 1.87. The molecule has 0 bridgehead atoms. The average Bonchev–Trinajstić information content (AvgIpc) is 2.38. The maximum Gasteiger partial charge on any atom is 0.120 e. The highest BCUT2D eigenvalue weighted by Gasteiger charge is 2.04. The second-order valence-electron chi connectivity index (χ2n) is 3.93. The van der Waals surface area contributed by atoms with Gasteiger partial charge in [-0.2, -0.15) is 0 Å². The van der Waals surface area contributed by atoms with E-state index in [-0.39, 0.29) is 0 Å². The van der Waals surface area contributed by atoms with Crippen LogP contribution in [0.1, 0.15) is 0 Å². The molecule has 0 aliphatic carbocycles. The Morgan fingerprint density at radius 3 is 2.68 bits per heavy atom. The van der Waals surface area contributed by atoms with Crippen molar-refractivity contribution in [1.29, 1.82) is 0 Å². The number of ether oxygens (including phenoxy) is 1. The molecule has 0 aliphatic heterocycles. The lowest BCUT2D eigenvalue weighted by Crippen LogP contribution is -2.08. The zero-order valence-electron chi connectivity index (χ0n) is 10.2. The molecule has 0 amide bonds. The minimum absolute atomic E-state index is 0.401. The van der Waals surface area contributed by atoms with Gasteiger partial charge in [0.05, 0.1) is 16.6 Å². The Labute approximate surface area is 123 Å². The quantitative estimate of drug-likeness (QED) is 0.851. The molecule has 0 radical (unpaired) electrons. The second kappa shape index (κ2) is 6.73. The number of hydrogen-bond acceptors (Lipinski definition) is 3. The number of nitrogens with two attached hydrogens (primary N) is 1. The lowest BCUT2D eigenvalue weighted by molar-refractivity contribution is 0.342. The van der Waals surface area contributed by atoms with Crippen LogP contribution >= 0.6 is 15.9 Å². The molecule has 1 unspecified atom stereocenters. The van der Waals surface area contributed by atoms with E-state index in [1.165, 1.54) is 0 Å². The highest BCUT2D eigenvalue weighted by molar-refractivity contribution is 9.10. The third-order valence-electron chi connectivity index (χ3n) is 2.45. The van der Waals surface area contributed by atoms with Crippen LogP contribution in [0, 0.1) is 0 Å². The van der Waals surface area contributed by atoms with Gasteiger partial charge < -0.3 is 10.5 Å². The van der Waals surface area contributed by atoms with Crippen molar-refractivity contribution in [3.63, 3.8) is 0 Å². The van der Waals surface area contributed by atoms with Gasteiger partial charge in [0.25, 0.3) is 0 Å². The van der Waals surface area contributed by atoms with E-state index in [4.69, 9.17) is 10.5 Å². The predicted octanol–water partition coefficient (Wildman–Crippen LogP) is 3.22. The van der Waals surface area contributed by atoms with Gasteiger partial charge in [0, 0.05) is 15.1 Å². The Morgan fingerprint density at radius 1 is 1.16 bits per heavy atom. The molecular formula is C14H14BrNO2S. The fraction of sp³-hybridized carbons (Fsp3) is 0.143. The van der Waals surface area contributed by atoms with Gasteiger partial charge in [-0.3, -0.25) is 4.21 Å². The van der Waals surface area contributed by atoms with Crippen molar-refractivity contribution in [2.24, 2.45) is 0 Å². The Bertz CT molecular complexity index is 589. The molecule has 2 aromatic rings. The van der Waals surface area contributed by atoms with Gasteiger partial charge in [-0.25, -0.2) is 0 Å². The minimum Gasteiger partial charge on any atom is -0.493 e. The molecule has 1 atom stereocenters. The molecule has 0 spiro atoms. The average molecular weight is 340 g/mol. The number of benzene rings is 2. The van der Waals surface area contributed by atoms with Gasteiger partial charge in [0.15, 0.2) is 0 Å². The molecule has 0 saturated heterocycles. The Kier molecular flexibility index (Phi) is 4.99. The highest BCUT2D eigenvalue weighted by Crippen LogP contribution is 2.18. The Hall–Kier alpha value is -1.33. The van der Waals surface area contributed by atoms with Gasteiger partial charge in [0.1, 0.15) is 12.4 Å². The van der Waals surface area contributed by atoms with Crippen LogP contribution in [0.2, 0.25) is 0 Å². The van der Waals surface area contributed by atoms with Gasteiger partial charge in [-0.1, -0.05) is 28.1 Å². The van der Waals surface area contributed by atoms with Crippen molar-refractivity contribution in [3.8, 4) is 5.75 Å². The second-order valence-corrected chi connectivity index (χ2v) is 6.41. The molecule has 100 valence electrons. The predicted molar refractivity (Wildman–Crippen MR) is 81.8 cm³/mol. The van der Waals surface area contributed by atoms with Crippen LogP contribution in [0.3, 0.4) is 0 Å². The van der Waals surface area contributed by atoms with Crippen molar-refractivity contribution in [2.75, 3.05) is 18.1 Å². The van der Waals surface area contributed by atoms with E-state index < -0.39 is 10.8 Å². The van der Waals surface area contributed by atoms with Crippen LogP contribution in [0.4, 0.5) is 5.69 Å². The fourth-order valence-corrected chi connectivity index (χ4v) is 2.91. The monoisotopic (exact) mass is 339 g/mol. The molecule has 19 heavy (non-hydrogen) atoms. The van der Waals surface area contributed by atoms with E-state index in [2.05, 4.69) is 15.9 Å². The molecule has 0 aromatic heterocycles. The third kappa shape index (κ3) is 4.36. The zero-order chi connectivity index (χ0) is 13.7. The van der Waals surface area contributed by atoms with Crippen LogP contribution in [0.15, 0.2) is 57.9 Å². The summed E-state index contributed by atoms with van der Waals surface area (Å²) in [7, 11) is -1.09. The standard InChI is InChI=1S/C14H14BrNO2S/c15-11-3-1-5-13(9-11)18-7-8-19(17)14-6-2-4-12(16)10-14/h1-6,9-10H,7-8,16H2. The molecule has 0 heterocycles. The van der Waals surface area contributed by atoms with Crippen LogP contribution in [0.25, 0.3) is 0 Å². The summed E-state index contributed by atoms with van der Waals surface area (Å²) >= 11 is 3.37. The summed E-state index contributed by atoms with van der Waals surface area (Å²) in [5.41, 5.74) is 6.29. The summed E-state index contributed by atoms with van der Waals surface area (Å²) in [6.45, 7) is 0.401. The van der Waals surface area contributed by atoms with Gasteiger partial charge >= 0.3 is 0 Å². The van der Waals surface area contributed by atoms with Crippen molar-refractivity contribution in [2.45, 2.75) is 4.90 Å². The first kappa shape index (κ1) is 14.1. The van der Waals surface area contributed by atoms with Gasteiger partial charge in [-0.05, 0) is 36.4 Å². The highest BCUT2D eigenvalue weighted by atomic mass is 79.9. The van der Waals surface area contributed by atoms with E-state index in [9.17, 15) is 4.21 Å². The number of nitrogen functional groups attached to an aromatic ring is 1. The number of hydrogen-bond donors (Lipinski definition) is 1. The van der Waals surface area contributed by atoms with Crippen LogP contribution in [-0.2, 0) is 10.8 Å². The van der Waals surface area contributed by atoms with Crippen molar-refractivity contribution >= 4 is 32.4 Å². The summed E-state index contributed by atoms with van der Waals surface area (Å²) in [5.74, 6) is 1.20. The third-order valence-corrected chi connectivity index (χ3v) is 4.26. The van der Waals surface area contributed by atoms with Gasteiger partial charge in [-0.15, -0.1) is 0 Å². The largest absolute Gasteiger partial charge is 0.493 e. The topological polar surface area (TPSA) is 52.3 Å². The molecule has 2 N–H and O–H groups in total. The number of rotatable bonds is 5. The maximum absolute atomic E-state index is 12.0. The molecule has 0 saturated carbocycles. The molecular weight excluding hydrogens is 326 g/mol. The first-order chi connectivity index (χ1) is 9.15. The summed E-state index contributed by atoms with van der Waals surface area (Å²) in [5, 5.41) is 0. The van der Waals surface area contributed by atoms with E-state index in [0.29, 0.717) is 18.0 Å². The smallest absolute Gasteiger partial charge is 0.120 e. The summed E-state index contributed by atoms with van der Waals surface area (Å²) in [4.78, 5) is 0.734. The molecule has 5 heteroatoms. The first-order valence-electron chi connectivity index (χ1n) is 5.77. The SMILES string of the molecule is Nc1cccc(S(=O)CCOc2cccc(Br)c2)c1. The Morgan fingerprint density at radius 2 is 1.95 bits per heavy atom. The van der Waals surface area contributed by atoms with Crippen LogP contribution < -0.4 is 10.5 Å². The zero-order valence-corrected chi connectivity index (χ0v) is 12.6. The van der Waals surface area contributed by atoms with E-state index in [0.717, 1.165) is 15.1 Å². The first-order valence-corrected chi connectivity index (χ1v) is 7.88. The molecule has 0 fully saturated rings. The van der Waals surface area contributed by atoms with Crippen molar-refractivity contribution in [3.05, 3.63) is 53.0 Å². The summed E-state index contributed by atoms with van der Waals surface area (Å²) in [6.07, 6.45) is 0. The summed E-state index contributed by atoms with van der Waals surface area (Å²) < 4.78 is 18.5. The lowest BCUT2D eigenvalue weighted by Gasteiger charge is -2.07. The molecule has 2 aromatic carbocycles. The van der Waals surface area contributed by atoms with Crippen LogP contribution in [-0.4, -0.2) is 16.6 Å². The van der Waals surface area contributed by atoms with E-state index >= 15 is 0 Å². The minimum atomic E-state index is -1.09. The van der Waals surface area contributed by atoms with Crippen molar-refractivity contribution in [1.82, 2.24) is 0 Å².